The minimum atomic E-state index is -0.318. The fourth-order valence-corrected chi connectivity index (χ4v) is 2.42. The lowest BCUT2D eigenvalue weighted by molar-refractivity contribution is 0.555. The second-order valence-corrected chi connectivity index (χ2v) is 5.66. The number of aromatic nitrogens is 3. The molecule has 0 fully saturated rings. The highest BCUT2D eigenvalue weighted by Gasteiger charge is 2.17. The molecule has 0 amide bonds. The van der Waals surface area contributed by atoms with Crippen molar-refractivity contribution in [3.8, 4) is 5.69 Å². The Balaban J connectivity index is 2.35. The lowest BCUT2D eigenvalue weighted by Crippen LogP contribution is -2.20. The van der Waals surface area contributed by atoms with Gasteiger partial charge in [0.05, 0.1) is 11.7 Å². The van der Waals surface area contributed by atoms with E-state index < -0.39 is 0 Å². The summed E-state index contributed by atoms with van der Waals surface area (Å²) in [6, 6.07) is 4.88. The highest BCUT2D eigenvalue weighted by atomic mass is 79.9. The predicted molar refractivity (Wildman–Crippen MR) is 80.5 cm³/mol. The maximum Gasteiger partial charge on any atom is 0.149 e. The van der Waals surface area contributed by atoms with Crippen molar-refractivity contribution in [2.45, 2.75) is 33.2 Å². The molecule has 1 N–H and O–H groups in total. The Morgan fingerprint density at radius 1 is 1.45 bits per heavy atom. The van der Waals surface area contributed by atoms with Crippen molar-refractivity contribution in [2.24, 2.45) is 0 Å². The molecule has 2 rings (SSSR count). The van der Waals surface area contributed by atoms with Crippen LogP contribution in [0.3, 0.4) is 0 Å². The number of nitrogens with one attached hydrogen (secondary N) is 1. The van der Waals surface area contributed by atoms with Gasteiger partial charge in [-0.1, -0.05) is 28.1 Å². The monoisotopic (exact) mass is 340 g/mol. The molecule has 1 aromatic carbocycles. The molecule has 0 bridgehead atoms. The molecule has 0 saturated carbocycles. The highest BCUT2D eigenvalue weighted by molar-refractivity contribution is 9.10. The van der Waals surface area contributed by atoms with Crippen LogP contribution >= 0.6 is 15.9 Å². The van der Waals surface area contributed by atoms with Crippen LogP contribution in [0.15, 0.2) is 22.7 Å². The van der Waals surface area contributed by atoms with Gasteiger partial charge in [0.25, 0.3) is 0 Å². The molecule has 0 saturated heterocycles. The van der Waals surface area contributed by atoms with Gasteiger partial charge in [-0.15, -0.1) is 5.10 Å². The average molecular weight is 341 g/mol. The first-order chi connectivity index (χ1) is 9.54. The van der Waals surface area contributed by atoms with Crippen molar-refractivity contribution in [1.82, 2.24) is 20.3 Å². The molecule has 0 spiro atoms. The van der Waals surface area contributed by atoms with Crippen LogP contribution in [0.5, 0.6) is 0 Å². The molecule has 0 aliphatic carbocycles. The van der Waals surface area contributed by atoms with Crippen molar-refractivity contribution in [3.05, 3.63) is 39.9 Å². The quantitative estimate of drug-likeness (QED) is 0.905. The lowest BCUT2D eigenvalue weighted by atomic mass is 10.2. The van der Waals surface area contributed by atoms with E-state index in [-0.39, 0.29) is 11.9 Å². The summed E-state index contributed by atoms with van der Waals surface area (Å²) in [4.78, 5) is 0. The van der Waals surface area contributed by atoms with E-state index in [4.69, 9.17) is 0 Å². The van der Waals surface area contributed by atoms with E-state index in [1.807, 2.05) is 13.8 Å². The number of hydrogen-bond acceptors (Lipinski definition) is 3. The van der Waals surface area contributed by atoms with Gasteiger partial charge in [0.15, 0.2) is 0 Å². The van der Waals surface area contributed by atoms with E-state index in [0.29, 0.717) is 5.69 Å². The Morgan fingerprint density at radius 3 is 2.90 bits per heavy atom. The summed E-state index contributed by atoms with van der Waals surface area (Å²) < 4.78 is 16.3. The Hall–Kier alpha value is -1.27. The summed E-state index contributed by atoms with van der Waals surface area (Å²) in [5, 5.41) is 11.6. The molecule has 108 valence electrons. The summed E-state index contributed by atoms with van der Waals surface area (Å²) in [6.07, 6.45) is 1.05. The molecule has 4 nitrogen and oxygen atoms in total. The smallest absolute Gasteiger partial charge is 0.149 e. The van der Waals surface area contributed by atoms with Gasteiger partial charge in [-0.2, -0.15) is 0 Å². The Labute approximate surface area is 126 Å². The maximum atomic E-state index is 13.9. The molecule has 0 aliphatic heterocycles. The van der Waals surface area contributed by atoms with E-state index in [2.05, 4.69) is 38.5 Å². The molecular weight excluding hydrogens is 323 g/mol. The molecule has 0 radical (unpaired) electrons. The van der Waals surface area contributed by atoms with Crippen molar-refractivity contribution >= 4 is 15.9 Å². The Kier molecular flexibility index (Phi) is 4.88. The van der Waals surface area contributed by atoms with Gasteiger partial charge in [-0.25, -0.2) is 9.07 Å². The zero-order chi connectivity index (χ0) is 14.7. The normalized spacial score (nSPS) is 12.7. The predicted octanol–water partition coefficient (Wildman–Crippen LogP) is 3.54. The van der Waals surface area contributed by atoms with Crippen LogP contribution in [0.25, 0.3) is 5.69 Å². The fourth-order valence-electron chi connectivity index (χ4n) is 2.08. The molecule has 1 heterocycles. The van der Waals surface area contributed by atoms with Crippen LogP contribution < -0.4 is 5.32 Å². The van der Waals surface area contributed by atoms with Crippen LogP contribution in [-0.4, -0.2) is 21.5 Å². The fraction of sp³-hybridized carbons (Fsp3) is 0.429. The highest BCUT2D eigenvalue weighted by Crippen LogP contribution is 2.22. The lowest BCUT2D eigenvalue weighted by Gasteiger charge is -2.11. The summed E-state index contributed by atoms with van der Waals surface area (Å²) in [6.45, 7) is 6.97. The molecule has 1 aromatic heterocycles. The van der Waals surface area contributed by atoms with Gasteiger partial charge in [0.1, 0.15) is 17.2 Å². The van der Waals surface area contributed by atoms with E-state index in [1.54, 1.807) is 16.8 Å². The van der Waals surface area contributed by atoms with Crippen LogP contribution in [0.2, 0.25) is 0 Å². The second-order valence-electron chi connectivity index (χ2n) is 4.74. The second kappa shape index (κ2) is 6.45. The van der Waals surface area contributed by atoms with E-state index in [1.165, 1.54) is 6.07 Å². The van der Waals surface area contributed by atoms with Gasteiger partial charge >= 0.3 is 0 Å². The number of halogens is 2. The molecule has 0 aliphatic rings. The molecule has 20 heavy (non-hydrogen) atoms. The number of rotatable bonds is 5. The minimum Gasteiger partial charge on any atom is -0.309 e. The topological polar surface area (TPSA) is 42.7 Å². The van der Waals surface area contributed by atoms with Gasteiger partial charge in [-0.05, 0) is 45.0 Å². The molecule has 6 heteroatoms. The zero-order valence-electron chi connectivity index (χ0n) is 11.8. The van der Waals surface area contributed by atoms with Gasteiger partial charge in [0.2, 0.25) is 0 Å². The van der Waals surface area contributed by atoms with Crippen LogP contribution in [0, 0.1) is 12.7 Å². The van der Waals surface area contributed by atoms with Crippen LogP contribution in [0.4, 0.5) is 4.39 Å². The number of hydrogen-bond donors (Lipinski definition) is 1. The molecule has 1 unspecified atom stereocenters. The van der Waals surface area contributed by atoms with E-state index >= 15 is 0 Å². The number of benzene rings is 1. The first kappa shape index (κ1) is 15.1. The summed E-state index contributed by atoms with van der Waals surface area (Å²) in [7, 11) is 0. The van der Waals surface area contributed by atoms with Crippen molar-refractivity contribution in [1.29, 1.82) is 0 Å². The molecular formula is C14H18BrFN4. The van der Waals surface area contributed by atoms with E-state index in [9.17, 15) is 4.39 Å². The minimum absolute atomic E-state index is 0.0962. The first-order valence-electron chi connectivity index (χ1n) is 6.65. The third kappa shape index (κ3) is 3.07. The van der Waals surface area contributed by atoms with Crippen molar-refractivity contribution < 1.29 is 4.39 Å². The average Bonchev–Trinajstić information content (AvgIpc) is 2.80. The Bertz CT molecular complexity index is 597. The molecule has 2 aromatic rings. The largest absolute Gasteiger partial charge is 0.309 e. The standard InChI is InChI=1S/C14H18BrFN4/c1-4-7-17-9(2)14-10(3)20(19-18-14)13-8-11(15)5-6-12(13)16/h5-6,8-9,17H,4,7H2,1-3H3. The number of nitrogens with zero attached hydrogens (tertiary/aromatic N) is 3. The van der Waals surface area contributed by atoms with Gasteiger partial charge in [-0.3, -0.25) is 0 Å². The molecule has 1 atom stereocenters. The van der Waals surface area contributed by atoms with Crippen LogP contribution in [-0.2, 0) is 0 Å². The maximum absolute atomic E-state index is 13.9. The van der Waals surface area contributed by atoms with Crippen molar-refractivity contribution in [2.75, 3.05) is 6.54 Å². The SMILES string of the molecule is CCCNC(C)c1nnn(-c2cc(Br)ccc2F)c1C. The summed E-state index contributed by atoms with van der Waals surface area (Å²) in [5.74, 6) is -0.318. The van der Waals surface area contributed by atoms with Crippen LogP contribution in [0.1, 0.15) is 37.7 Å². The third-order valence-electron chi connectivity index (χ3n) is 3.18. The zero-order valence-corrected chi connectivity index (χ0v) is 13.4. The van der Waals surface area contributed by atoms with Crippen molar-refractivity contribution in [3.63, 3.8) is 0 Å². The van der Waals surface area contributed by atoms with Gasteiger partial charge in [0, 0.05) is 4.47 Å². The van der Waals surface area contributed by atoms with E-state index in [0.717, 1.165) is 28.8 Å². The summed E-state index contributed by atoms with van der Waals surface area (Å²) >= 11 is 3.35. The summed E-state index contributed by atoms with van der Waals surface area (Å²) in [5.41, 5.74) is 2.09. The van der Waals surface area contributed by atoms with Gasteiger partial charge < -0.3 is 5.32 Å². The first-order valence-corrected chi connectivity index (χ1v) is 7.45. The third-order valence-corrected chi connectivity index (χ3v) is 3.67. The Morgan fingerprint density at radius 2 is 2.20 bits per heavy atom.